The van der Waals surface area contributed by atoms with Gasteiger partial charge in [0.25, 0.3) is 0 Å². The maximum absolute atomic E-state index is 9.22. The van der Waals surface area contributed by atoms with E-state index in [-0.39, 0.29) is 13.2 Å². The van der Waals surface area contributed by atoms with Crippen LogP contribution in [-0.2, 0) is 0 Å². The first-order chi connectivity index (χ1) is 14.0. The zero-order valence-electron chi connectivity index (χ0n) is 17.3. The number of nitrogens with zero attached hydrogens (tertiary/aromatic N) is 3. The molecule has 0 fully saturated rings. The van der Waals surface area contributed by atoms with Crippen LogP contribution in [0.4, 0.5) is 22.7 Å². The molecule has 0 unspecified atom stereocenters. The summed E-state index contributed by atoms with van der Waals surface area (Å²) in [6, 6.07) is 9.13. The number of aliphatic hydroxyl groups is 2. The number of aliphatic hydroxyl groups excluding tert-OH is 2. The van der Waals surface area contributed by atoms with Crippen molar-refractivity contribution in [3.05, 3.63) is 35.9 Å². The summed E-state index contributed by atoms with van der Waals surface area (Å²) in [4.78, 5) is 1.91. The van der Waals surface area contributed by atoms with Gasteiger partial charge in [0.1, 0.15) is 17.2 Å². The van der Waals surface area contributed by atoms with Gasteiger partial charge in [0.2, 0.25) is 0 Å². The van der Waals surface area contributed by atoms with Gasteiger partial charge in [-0.1, -0.05) is 0 Å². The molecule has 2 aromatic rings. The lowest BCUT2D eigenvalue weighted by Crippen LogP contribution is -2.29. The molecule has 2 rings (SSSR count). The third kappa shape index (κ3) is 6.07. The number of aryl methyl sites for hydroxylation is 1. The highest BCUT2D eigenvalue weighted by atomic mass is 16.5. The number of benzene rings is 2. The molecule has 0 aliphatic rings. The highest BCUT2D eigenvalue weighted by Crippen LogP contribution is 2.38. The molecular formula is C21H30N4O4. The average Bonchev–Trinajstić information content (AvgIpc) is 2.70. The first-order valence-electron chi connectivity index (χ1n) is 9.72. The molecule has 0 amide bonds. The van der Waals surface area contributed by atoms with Crippen LogP contribution in [0.2, 0.25) is 0 Å². The summed E-state index contributed by atoms with van der Waals surface area (Å²) in [7, 11) is 0. The van der Waals surface area contributed by atoms with E-state index < -0.39 is 0 Å². The van der Waals surface area contributed by atoms with Gasteiger partial charge < -0.3 is 30.3 Å². The van der Waals surface area contributed by atoms with Gasteiger partial charge in [-0.05, 0) is 44.5 Å². The maximum Gasteiger partial charge on any atom is 0.149 e. The van der Waals surface area contributed by atoms with Crippen LogP contribution < -0.4 is 20.1 Å². The molecule has 0 saturated carbocycles. The van der Waals surface area contributed by atoms with Crippen molar-refractivity contribution in [2.75, 3.05) is 50.2 Å². The molecule has 4 N–H and O–H groups in total. The largest absolute Gasteiger partial charge is 0.492 e. The second kappa shape index (κ2) is 11.2. The number of hydrogen-bond donors (Lipinski definition) is 3. The zero-order chi connectivity index (χ0) is 21.2. The van der Waals surface area contributed by atoms with Crippen molar-refractivity contribution < 1.29 is 19.7 Å². The molecule has 0 heterocycles. The quantitative estimate of drug-likeness (QED) is 0.391. The SMILES string of the molecule is CCOc1cc(/N=N/c2ccc(N(CCO)CCO)cc2C)c(OCC)cc1N. The van der Waals surface area contributed by atoms with Crippen LogP contribution in [0.1, 0.15) is 19.4 Å². The molecule has 8 nitrogen and oxygen atoms in total. The third-order valence-corrected chi connectivity index (χ3v) is 4.24. The van der Waals surface area contributed by atoms with Crippen molar-refractivity contribution in [2.24, 2.45) is 10.2 Å². The Morgan fingerprint density at radius 1 is 0.897 bits per heavy atom. The molecule has 29 heavy (non-hydrogen) atoms. The Labute approximate surface area is 171 Å². The highest BCUT2D eigenvalue weighted by Gasteiger charge is 2.11. The summed E-state index contributed by atoms with van der Waals surface area (Å²) in [6.07, 6.45) is 0. The molecule has 0 bridgehead atoms. The Hall–Kier alpha value is -2.84. The van der Waals surface area contributed by atoms with Crippen LogP contribution in [0.25, 0.3) is 0 Å². The van der Waals surface area contributed by atoms with Gasteiger partial charge >= 0.3 is 0 Å². The van der Waals surface area contributed by atoms with Gasteiger partial charge in [-0.3, -0.25) is 0 Å². The molecule has 0 spiro atoms. The third-order valence-electron chi connectivity index (χ3n) is 4.24. The fourth-order valence-electron chi connectivity index (χ4n) is 2.86. The molecule has 0 aromatic heterocycles. The number of hydrogen-bond acceptors (Lipinski definition) is 8. The van der Waals surface area contributed by atoms with Gasteiger partial charge in [-0.2, -0.15) is 5.11 Å². The second-order valence-corrected chi connectivity index (χ2v) is 6.33. The van der Waals surface area contributed by atoms with Gasteiger partial charge in [-0.15, -0.1) is 5.11 Å². The van der Waals surface area contributed by atoms with Gasteiger partial charge in [0.05, 0.1) is 37.8 Å². The predicted molar refractivity (Wildman–Crippen MR) is 115 cm³/mol. The van der Waals surface area contributed by atoms with E-state index >= 15 is 0 Å². The molecule has 0 atom stereocenters. The van der Waals surface area contributed by atoms with Crippen LogP contribution >= 0.6 is 0 Å². The summed E-state index contributed by atoms with van der Waals surface area (Å²) in [5.74, 6) is 1.09. The molecular weight excluding hydrogens is 372 g/mol. The topological polar surface area (TPSA) is 113 Å². The van der Waals surface area contributed by atoms with E-state index in [1.54, 1.807) is 12.1 Å². The molecule has 0 saturated heterocycles. The van der Waals surface area contributed by atoms with Crippen LogP contribution in [-0.4, -0.2) is 49.7 Å². The van der Waals surface area contributed by atoms with E-state index in [2.05, 4.69) is 10.2 Å². The zero-order valence-corrected chi connectivity index (χ0v) is 17.3. The fraction of sp³-hybridized carbons (Fsp3) is 0.429. The van der Waals surface area contributed by atoms with E-state index in [0.29, 0.717) is 54.9 Å². The van der Waals surface area contributed by atoms with E-state index in [1.807, 2.05) is 43.9 Å². The van der Waals surface area contributed by atoms with Crippen LogP contribution in [0, 0.1) is 6.92 Å². The molecule has 2 aromatic carbocycles. The first kappa shape index (κ1) is 22.4. The van der Waals surface area contributed by atoms with E-state index in [4.69, 9.17) is 15.2 Å². The molecule has 0 aliphatic heterocycles. The average molecular weight is 402 g/mol. The van der Waals surface area contributed by atoms with Crippen molar-refractivity contribution in [1.29, 1.82) is 0 Å². The van der Waals surface area contributed by atoms with Crippen molar-refractivity contribution in [1.82, 2.24) is 0 Å². The van der Waals surface area contributed by atoms with E-state index in [1.165, 1.54) is 0 Å². The number of anilines is 2. The fourth-order valence-corrected chi connectivity index (χ4v) is 2.86. The summed E-state index contributed by atoms with van der Waals surface area (Å²) >= 11 is 0. The normalized spacial score (nSPS) is 11.1. The van der Waals surface area contributed by atoms with Crippen molar-refractivity contribution in [2.45, 2.75) is 20.8 Å². The van der Waals surface area contributed by atoms with E-state index in [0.717, 1.165) is 11.3 Å². The van der Waals surface area contributed by atoms with E-state index in [9.17, 15) is 10.2 Å². The van der Waals surface area contributed by atoms with Crippen molar-refractivity contribution in [3.8, 4) is 11.5 Å². The smallest absolute Gasteiger partial charge is 0.149 e. The van der Waals surface area contributed by atoms with Crippen LogP contribution in [0.3, 0.4) is 0 Å². The monoisotopic (exact) mass is 402 g/mol. The number of rotatable bonds is 11. The van der Waals surface area contributed by atoms with Crippen molar-refractivity contribution >= 4 is 22.7 Å². The minimum Gasteiger partial charge on any atom is -0.492 e. The maximum atomic E-state index is 9.22. The van der Waals surface area contributed by atoms with Gasteiger partial charge in [-0.25, -0.2) is 0 Å². The van der Waals surface area contributed by atoms with Gasteiger partial charge in [0, 0.05) is 30.9 Å². The van der Waals surface area contributed by atoms with Crippen LogP contribution in [0.5, 0.6) is 11.5 Å². The first-order valence-corrected chi connectivity index (χ1v) is 9.72. The Balaban J connectivity index is 2.32. The molecule has 0 aliphatic carbocycles. The van der Waals surface area contributed by atoms with Gasteiger partial charge in [0.15, 0.2) is 0 Å². The highest BCUT2D eigenvalue weighted by molar-refractivity contribution is 5.67. The lowest BCUT2D eigenvalue weighted by molar-refractivity contribution is 0.281. The Morgan fingerprint density at radius 3 is 2.10 bits per heavy atom. The molecule has 8 heteroatoms. The Kier molecular flexibility index (Phi) is 8.69. The Morgan fingerprint density at radius 2 is 1.52 bits per heavy atom. The number of ether oxygens (including phenoxy) is 2. The standard InChI is InChI=1S/C21H30N4O4/c1-4-28-20-14-19(21(29-5-2)13-17(20)22)24-23-18-7-6-16(12-15(18)3)25(8-10-26)9-11-27/h6-7,12-14,26-27H,4-5,8-11,22H2,1-3H3/b24-23+. The summed E-state index contributed by atoms with van der Waals surface area (Å²) in [5.41, 5.74) is 9.58. The van der Waals surface area contributed by atoms with Crippen LogP contribution in [0.15, 0.2) is 40.6 Å². The lowest BCUT2D eigenvalue weighted by atomic mass is 10.1. The second-order valence-electron chi connectivity index (χ2n) is 6.33. The number of azo groups is 1. The van der Waals surface area contributed by atoms with Crippen molar-refractivity contribution in [3.63, 3.8) is 0 Å². The summed E-state index contributed by atoms with van der Waals surface area (Å²) in [5, 5.41) is 27.2. The molecule has 0 radical (unpaired) electrons. The number of nitrogen functional groups attached to an aromatic ring is 1. The lowest BCUT2D eigenvalue weighted by Gasteiger charge is -2.23. The number of nitrogens with two attached hydrogens (primary N) is 1. The summed E-state index contributed by atoms with van der Waals surface area (Å²) in [6.45, 7) is 7.61. The minimum atomic E-state index is 0.0139. The molecule has 158 valence electrons. The predicted octanol–water partition coefficient (Wildman–Crippen LogP) is 3.58. The minimum absolute atomic E-state index is 0.0139. The summed E-state index contributed by atoms with van der Waals surface area (Å²) < 4.78 is 11.2. The Bertz CT molecular complexity index is 821.